The first-order valence-electron chi connectivity index (χ1n) is 5.68. The monoisotopic (exact) mass is 227 g/mol. The second-order valence-electron chi connectivity index (χ2n) is 4.49. The minimum Gasteiger partial charge on any atom is -0.468 e. The van der Waals surface area contributed by atoms with E-state index in [0.717, 1.165) is 19.5 Å². The topological polar surface area (TPSA) is 49.8 Å². The van der Waals surface area contributed by atoms with Gasteiger partial charge in [-0.1, -0.05) is 11.6 Å². The van der Waals surface area contributed by atoms with Gasteiger partial charge in [-0.2, -0.15) is 0 Å². The van der Waals surface area contributed by atoms with Crippen LogP contribution in [0.1, 0.15) is 26.7 Å². The molecular formula is C12H21NO3. The Balaban J connectivity index is 2.64. The summed E-state index contributed by atoms with van der Waals surface area (Å²) in [6.07, 6.45) is 2.91. The van der Waals surface area contributed by atoms with E-state index in [0.29, 0.717) is 6.42 Å². The SMILES string of the molecule is COC(=O)[C@H]1C[C@@H](O)CCN1CC=C(C)C. The van der Waals surface area contributed by atoms with Crippen molar-refractivity contribution >= 4 is 5.97 Å². The van der Waals surface area contributed by atoms with Crippen molar-refractivity contribution in [3.63, 3.8) is 0 Å². The fourth-order valence-corrected chi connectivity index (χ4v) is 1.90. The number of allylic oxidation sites excluding steroid dienone is 1. The van der Waals surface area contributed by atoms with Crippen LogP contribution < -0.4 is 0 Å². The average Bonchev–Trinajstić information content (AvgIpc) is 2.26. The van der Waals surface area contributed by atoms with E-state index in [-0.39, 0.29) is 18.1 Å². The first-order valence-corrected chi connectivity index (χ1v) is 5.68. The van der Waals surface area contributed by atoms with Crippen LogP contribution in [-0.4, -0.2) is 48.3 Å². The van der Waals surface area contributed by atoms with Crippen molar-refractivity contribution in [2.75, 3.05) is 20.2 Å². The molecule has 0 bridgehead atoms. The lowest BCUT2D eigenvalue weighted by molar-refractivity contribution is -0.149. The number of carbonyl (C=O) groups is 1. The number of esters is 1. The van der Waals surface area contributed by atoms with Crippen molar-refractivity contribution in [2.45, 2.75) is 38.8 Å². The Bertz CT molecular complexity index is 271. The molecule has 0 radical (unpaired) electrons. The summed E-state index contributed by atoms with van der Waals surface area (Å²) in [5, 5.41) is 9.57. The smallest absolute Gasteiger partial charge is 0.323 e. The second-order valence-corrected chi connectivity index (χ2v) is 4.49. The molecule has 1 aliphatic rings. The number of aliphatic hydroxyl groups excluding tert-OH is 1. The minimum absolute atomic E-state index is 0.249. The molecule has 0 aromatic heterocycles. The van der Waals surface area contributed by atoms with E-state index in [1.807, 2.05) is 13.8 Å². The van der Waals surface area contributed by atoms with Gasteiger partial charge in [0, 0.05) is 13.1 Å². The molecule has 0 unspecified atom stereocenters. The lowest BCUT2D eigenvalue weighted by Gasteiger charge is -2.35. The first kappa shape index (κ1) is 13.2. The predicted octanol–water partition coefficient (Wildman–Crippen LogP) is 0.951. The zero-order chi connectivity index (χ0) is 12.1. The Hall–Kier alpha value is -0.870. The van der Waals surface area contributed by atoms with Crippen molar-refractivity contribution in [3.05, 3.63) is 11.6 Å². The summed E-state index contributed by atoms with van der Waals surface area (Å²) < 4.78 is 4.76. The summed E-state index contributed by atoms with van der Waals surface area (Å²) in [6, 6.07) is -0.302. The highest BCUT2D eigenvalue weighted by molar-refractivity contribution is 5.75. The molecule has 92 valence electrons. The number of carbonyl (C=O) groups excluding carboxylic acids is 1. The van der Waals surface area contributed by atoms with Crippen molar-refractivity contribution in [2.24, 2.45) is 0 Å². The lowest BCUT2D eigenvalue weighted by atomic mass is 9.99. The zero-order valence-corrected chi connectivity index (χ0v) is 10.3. The number of methoxy groups -OCH3 is 1. The Morgan fingerprint density at radius 2 is 2.25 bits per heavy atom. The molecule has 0 aromatic carbocycles. The molecule has 0 saturated carbocycles. The van der Waals surface area contributed by atoms with E-state index >= 15 is 0 Å². The summed E-state index contributed by atoms with van der Waals surface area (Å²) in [6.45, 7) is 5.55. The van der Waals surface area contributed by atoms with Gasteiger partial charge in [-0.05, 0) is 26.7 Å². The van der Waals surface area contributed by atoms with Gasteiger partial charge in [0.15, 0.2) is 0 Å². The van der Waals surface area contributed by atoms with E-state index in [1.165, 1.54) is 12.7 Å². The highest BCUT2D eigenvalue weighted by Crippen LogP contribution is 2.18. The normalized spacial score (nSPS) is 26.2. The minimum atomic E-state index is -0.382. The largest absolute Gasteiger partial charge is 0.468 e. The first-order chi connectivity index (χ1) is 7.54. The molecule has 1 N–H and O–H groups in total. The van der Waals surface area contributed by atoms with Gasteiger partial charge in [0.25, 0.3) is 0 Å². The maximum Gasteiger partial charge on any atom is 0.323 e. The summed E-state index contributed by atoms with van der Waals surface area (Å²) in [4.78, 5) is 13.6. The van der Waals surface area contributed by atoms with Gasteiger partial charge in [0.05, 0.1) is 13.2 Å². The Morgan fingerprint density at radius 1 is 1.56 bits per heavy atom. The van der Waals surface area contributed by atoms with Crippen LogP contribution in [0.5, 0.6) is 0 Å². The summed E-state index contributed by atoms with van der Waals surface area (Å²) in [5.41, 5.74) is 1.23. The molecule has 16 heavy (non-hydrogen) atoms. The molecule has 2 atom stereocenters. The van der Waals surface area contributed by atoms with Crippen molar-refractivity contribution < 1.29 is 14.6 Å². The molecule has 0 aliphatic carbocycles. The highest BCUT2D eigenvalue weighted by Gasteiger charge is 2.32. The van der Waals surface area contributed by atoms with Crippen molar-refractivity contribution in [1.29, 1.82) is 0 Å². The van der Waals surface area contributed by atoms with Crippen LogP contribution in [0.3, 0.4) is 0 Å². The van der Waals surface area contributed by atoms with Crippen LogP contribution in [0.4, 0.5) is 0 Å². The third-order valence-corrected chi connectivity index (χ3v) is 2.89. The molecule has 1 heterocycles. The van der Waals surface area contributed by atoms with Gasteiger partial charge < -0.3 is 9.84 Å². The molecule has 0 aromatic rings. The molecule has 1 fully saturated rings. The maximum absolute atomic E-state index is 11.6. The van der Waals surface area contributed by atoms with E-state index in [1.54, 1.807) is 0 Å². The summed E-state index contributed by atoms with van der Waals surface area (Å²) in [7, 11) is 1.39. The van der Waals surface area contributed by atoms with Crippen LogP contribution in [0, 0.1) is 0 Å². The third-order valence-electron chi connectivity index (χ3n) is 2.89. The van der Waals surface area contributed by atoms with Gasteiger partial charge in [0.1, 0.15) is 6.04 Å². The van der Waals surface area contributed by atoms with Crippen LogP contribution in [0.15, 0.2) is 11.6 Å². The summed E-state index contributed by atoms with van der Waals surface area (Å²) in [5.74, 6) is -0.249. The van der Waals surface area contributed by atoms with Crippen LogP contribution in [0.25, 0.3) is 0 Å². The van der Waals surface area contributed by atoms with E-state index < -0.39 is 0 Å². The molecule has 4 heteroatoms. The van der Waals surface area contributed by atoms with E-state index in [2.05, 4.69) is 11.0 Å². The molecule has 4 nitrogen and oxygen atoms in total. The summed E-state index contributed by atoms with van der Waals surface area (Å²) >= 11 is 0. The Labute approximate surface area is 96.9 Å². The van der Waals surface area contributed by atoms with Gasteiger partial charge >= 0.3 is 5.97 Å². The maximum atomic E-state index is 11.6. The number of rotatable bonds is 3. The van der Waals surface area contributed by atoms with Gasteiger partial charge in [-0.15, -0.1) is 0 Å². The molecule has 1 rings (SSSR count). The van der Waals surface area contributed by atoms with E-state index in [9.17, 15) is 9.90 Å². The van der Waals surface area contributed by atoms with Crippen molar-refractivity contribution in [1.82, 2.24) is 4.90 Å². The van der Waals surface area contributed by atoms with Gasteiger partial charge in [-0.25, -0.2) is 0 Å². The number of nitrogens with zero attached hydrogens (tertiary/aromatic N) is 1. The highest BCUT2D eigenvalue weighted by atomic mass is 16.5. The number of piperidine rings is 1. The second kappa shape index (κ2) is 6.01. The molecule has 1 aliphatic heterocycles. The Kier molecular flexibility index (Phi) is 4.96. The Morgan fingerprint density at radius 3 is 2.81 bits per heavy atom. The fraction of sp³-hybridized carbons (Fsp3) is 0.750. The zero-order valence-electron chi connectivity index (χ0n) is 10.3. The quantitative estimate of drug-likeness (QED) is 0.576. The van der Waals surface area contributed by atoms with Gasteiger partial charge in [-0.3, -0.25) is 9.69 Å². The molecule has 0 spiro atoms. The number of hydrogen-bond donors (Lipinski definition) is 1. The number of likely N-dealkylation sites (tertiary alicyclic amines) is 1. The third kappa shape index (κ3) is 3.61. The molecular weight excluding hydrogens is 206 g/mol. The number of hydrogen-bond acceptors (Lipinski definition) is 4. The lowest BCUT2D eigenvalue weighted by Crippen LogP contribution is -2.49. The van der Waals surface area contributed by atoms with Gasteiger partial charge in [0.2, 0.25) is 0 Å². The number of aliphatic hydroxyl groups is 1. The fourth-order valence-electron chi connectivity index (χ4n) is 1.90. The predicted molar refractivity (Wildman–Crippen MR) is 62.0 cm³/mol. The molecule has 1 saturated heterocycles. The average molecular weight is 227 g/mol. The van der Waals surface area contributed by atoms with Crippen molar-refractivity contribution in [3.8, 4) is 0 Å². The van der Waals surface area contributed by atoms with Crippen LogP contribution >= 0.6 is 0 Å². The number of ether oxygens (including phenoxy) is 1. The van der Waals surface area contributed by atoms with Crippen LogP contribution in [0.2, 0.25) is 0 Å². The molecule has 0 amide bonds. The van der Waals surface area contributed by atoms with E-state index in [4.69, 9.17) is 4.74 Å². The van der Waals surface area contributed by atoms with Crippen LogP contribution in [-0.2, 0) is 9.53 Å². The standard InChI is InChI=1S/C12H21NO3/c1-9(2)4-6-13-7-5-10(14)8-11(13)12(15)16-3/h4,10-11,14H,5-8H2,1-3H3/t10-,11+/m0/s1.